The van der Waals surface area contributed by atoms with E-state index in [2.05, 4.69) is 41.6 Å². The van der Waals surface area contributed by atoms with Crippen molar-refractivity contribution in [2.24, 2.45) is 10.9 Å². The fourth-order valence-corrected chi connectivity index (χ4v) is 3.59. The Morgan fingerprint density at radius 3 is 2.61 bits per heavy atom. The Hall–Kier alpha value is -2.32. The molecule has 0 spiro atoms. The number of morpholine rings is 1. The van der Waals surface area contributed by atoms with Crippen molar-refractivity contribution in [1.82, 2.24) is 20.9 Å². The summed E-state index contributed by atoms with van der Waals surface area (Å²) in [7, 11) is 1.59. The van der Waals surface area contributed by atoms with Crippen LogP contribution in [0.15, 0.2) is 29.3 Å². The molecule has 1 atom stereocenters. The Balaban J connectivity index is 1.84. The number of carbonyl (C=O) groups excluding carboxylic acids is 1. The van der Waals surface area contributed by atoms with Crippen LogP contribution in [0.5, 0.6) is 5.75 Å². The first-order chi connectivity index (χ1) is 15.0. The highest BCUT2D eigenvalue weighted by atomic mass is 16.5. The van der Waals surface area contributed by atoms with Gasteiger partial charge in [0.15, 0.2) is 5.96 Å². The quantitative estimate of drug-likeness (QED) is 0.280. The summed E-state index contributed by atoms with van der Waals surface area (Å²) >= 11 is 0. The molecule has 0 bridgehead atoms. The first-order valence-electron chi connectivity index (χ1n) is 11.3. The van der Waals surface area contributed by atoms with E-state index in [1.807, 2.05) is 12.1 Å². The zero-order chi connectivity index (χ0) is 22.5. The van der Waals surface area contributed by atoms with Gasteiger partial charge in [0.2, 0.25) is 0 Å². The Bertz CT molecular complexity index is 690. The van der Waals surface area contributed by atoms with Gasteiger partial charge in [0.25, 0.3) is 5.91 Å². The Labute approximate surface area is 186 Å². The molecule has 0 aromatic heterocycles. The van der Waals surface area contributed by atoms with Gasteiger partial charge >= 0.3 is 0 Å². The number of hydrogen-bond acceptors (Lipinski definition) is 5. The number of nitrogens with one attached hydrogen (secondary N) is 3. The number of amides is 1. The van der Waals surface area contributed by atoms with E-state index in [4.69, 9.17) is 14.5 Å². The second kappa shape index (κ2) is 13.9. The van der Waals surface area contributed by atoms with Gasteiger partial charge in [-0.3, -0.25) is 14.7 Å². The summed E-state index contributed by atoms with van der Waals surface area (Å²) in [6.07, 6.45) is 1.11. The number of nitrogens with zero attached hydrogens (tertiary/aromatic N) is 2. The minimum Gasteiger partial charge on any atom is -0.497 e. The van der Waals surface area contributed by atoms with Crippen LogP contribution < -0.4 is 20.7 Å². The average molecular weight is 434 g/mol. The third-order valence-corrected chi connectivity index (χ3v) is 5.14. The fraction of sp³-hybridized carbons (Fsp3) is 0.652. The van der Waals surface area contributed by atoms with Crippen molar-refractivity contribution < 1.29 is 14.3 Å². The molecule has 31 heavy (non-hydrogen) atoms. The van der Waals surface area contributed by atoms with Gasteiger partial charge in [0, 0.05) is 44.3 Å². The third-order valence-electron chi connectivity index (χ3n) is 5.14. The summed E-state index contributed by atoms with van der Waals surface area (Å²) in [5, 5.41) is 9.54. The van der Waals surface area contributed by atoms with Crippen LogP contribution in [0.3, 0.4) is 0 Å². The van der Waals surface area contributed by atoms with E-state index >= 15 is 0 Å². The maximum atomic E-state index is 12.3. The molecule has 8 heteroatoms. The van der Waals surface area contributed by atoms with Crippen LogP contribution in [0.1, 0.15) is 37.6 Å². The molecule has 1 fully saturated rings. The van der Waals surface area contributed by atoms with E-state index in [0.717, 1.165) is 51.8 Å². The van der Waals surface area contributed by atoms with Crippen molar-refractivity contribution in [2.75, 3.05) is 59.6 Å². The lowest BCUT2D eigenvalue weighted by Gasteiger charge is -2.34. The van der Waals surface area contributed by atoms with E-state index in [1.54, 1.807) is 19.2 Å². The number of methoxy groups -OCH3 is 1. The molecule has 2 rings (SSSR count). The standard InChI is InChI=1S/C23H39N5O3/c1-5-24-23(27-17-20(15-18(2)3)28-11-13-31-14-12-28)26-10-9-25-22(29)19-7-6-8-21(16-19)30-4/h6-8,16,18,20H,5,9-15,17H2,1-4H3,(H,25,29)(H2,24,26,27). The van der Waals surface area contributed by atoms with Crippen LogP contribution in [0, 0.1) is 5.92 Å². The highest BCUT2D eigenvalue weighted by Crippen LogP contribution is 2.14. The predicted octanol–water partition coefficient (Wildman–Crippen LogP) is 1.73. The molecule has 8 nitrogen and oxygen atoms in total. The van der Waals surface area contributed by atoms with E-state index < -0.39 is 0 Å². The molecule has 0 aliphatic carbocycles. The van der Waals surface area contributed by atoms with Gasteiger partial charge in [0.05, 0.1) is 26.9 Å². The van der Waals surface area contributed by atoms with Gasteiger partial charge in [-0.1, -0.05) is 19.9 Å². The molecule has 3 N–H and O–H groups in total. The van der Waals surface area contributed by atoms with Crippen LogP contribution >= 0.6 is 0 Å². The van der Waals surface area contributed by atoms with Crippen molar-refractivity contribution in [3.63, 3.8) is 0 Å². The molecule has 1 amide bonds. The van der Waals surface area contributed by atoms with Gasteiger partial charge in [-0.05, 0) is 37.5 Å². The van der Waals surface area contributed by atoms with Crippen molar-refractivity contribution in [1.29, 1.82) is 0 Å². The smallest absolute Gasteiger partial charge is 0.251 e. The highest BCUT2D eigenvalue weighted by molar-refractivity contribution is 5.94. The minimum atomic E-state index is -0.119. The van der Waals surface area contributed by atoms with Gasteiger partial charge in [-0.2, -0.15) is 0 Å². The predicted molar refractivity (Wildman–Crippen MR) is 125 cm³/mol. The van der Waals surface area contributed by atoms with Gasteiger partial charge in [0.1, 0.15) is 5.75 Å². The molecule has 1 aromatic carbocycles. The zero-order valence-electron chi connectivity index (χ0n) is 19.4. The first kappa shape index (κ1) is 24.9. The van der Waals surface area contributed by atoms with Gasteiger partial charge in [-0.15, -0.1) is 0 Å². The maximum Gasteiger partial charge on any atom is 0.251 e. The lowest BCUT2D eigenvalue weighted by atomic mass is 10.0. The first-order valence-corrected chi connectivity index (χ1v) is 11.3. The molecule has 1 unspecified atom stereocenters. The summed E-state index contributed by atoms with van der Waals surface area (Å²) in [6.45, 7) is 12.7. The van der Waals surface area contributed by atoms with E-state index in [9.17, 15) is 4.79 Å². The molecule has 0 radical (unpaired) electrons. The molecule has 174 valence electrons. The zero-order valence-corrected chi connectivity index (χ0v) is 19.4. The second-order valence-electron chi connectivity index (χ2n) is 8.07. The number of ether oxygens (including phenoxy) is 2. The summed E-state index contributed by atoms with van der Waals surface area (Å²) in [4.78, 5) is 19.6. The Kier molecular flexibility index (Phi) is 11.2. The molecular formula is C23H39N5O3. The summed E-state index contributed by atoms with van der Waals surface area (Å²) < 4.78 is 10.7. The number of hydrogen-bond donors (Lipinski definition) is 3. The highest BCUT2D eigenvalue weighted by Gasteiger charge is 2.21. The van der Waals surface area contributed by atoms with Crippen LogP contribution in [-0.2, 0) is 4.74 Å². The molecule has 1 aliphatic rings. The van der Waals surface area contributed by atoms with E-state index in [-0.39, 0.29) is 5.91 Å². The normalized spacial score (nSPS) is 16.1. The molecule has 1 saturated heterocycles. The minimum absolute atomic E-state index is 0.119. The number of benzene rings is 1. The third kappa shape index (κ3) is 9.14. The van der Waals surface area contributed by atoms with Crippen LogP contribution in [0.25, 0.3) is 0 Å². The monoisotopic (exact) mass is 433 g/mol. The number of aliphatic imine (C=N–C) groups is 1. The SMILES string of the molecule is CCNC(=NCC(CC(C)C)N1CCOCC1)NCCNC(=O)c1cccc(OC)c1. The number of rotatable bonds is 11. The van der Waals surface area contributed by atoms with Gasteiger partial charge < -0.3 is 25.4 Å². The number of guanidine groups is 1. The van der Waals surface area contributed by atoms with Crippen molar-refractivity contribution in [3.05, 3.63) is 29.8 Å². The molecular weight excluding hydrogens is 394 g/mol. The molecule has 0 saturated carbocycles. The molecule has 1 aromatic rings. The van der Waals surface area contributed by atoms with Crippen molar-refractivity contribution in [3.8, 4) is 5.75 Å². The fourth-order valence-electron chi connectivity index (χ4n) is 3.59. The van der Waals surface area contributed by atoms with E-state index in [0.29, 0.717) is 36.4 Å². The van der Waals surface area contributed by atoms with Crippen molar-refractivity contribution >= 4 is 11.9 Å². The molecule has 1 heterocycles. The Morgan fingerprint density at radius 2 is 1.94 bits per heavy atom. The largest absolute Gasteiger partial charge is 0.497 e. The summed E-state index contributed by atoms with van der Waals surface area (Å²) in [5.41, 5.74) is 0.585. The summed E-state index contributed by atoms with van der Waals surface area (Å²) in [5.74, 6) is 1.95. The van der Waals surface area contributed by atoms with Crippen LogP contribution in [0.2, 0.25) is 0 Å². The second-order valence-corrected chi connectivity index (χ2v) is 8.07. The maximum absolute atomic E-state index is 12.3. The van der Waals surface area contributed by atoms with Crippen LogP contribution in [0.4, 0.5) is 0 Å². The average Bonchev–Trinajstić information content (AvgIpc) is 2.79. The topological polar surface area (TPSA) is 87.2 Å². The molecule has 1 aliphatic heterocycles. The van der Waals surface area contributed by atoms with E-state index in [1.165, 1.54) is 0 Å². The van der Waals surface area contributed by atoms with Crippen LogP contribution in [-0.4, -0.2) is 82.4 Å². The summed E-state index contributed by atoms with van der Waals surface area (Å²) in [6, 6.07) is 7.55. The lowest BCUT2D eigenvalue weighted by Crippen LogP contribution is -2.47. The van der Waals surface area contributed by atoms with Crippen molar-refractivity contribution in [2.45, 2.75) is 33.2 Å². The lowest BCUT2D eigenvalue weighted by molar-refractivity contribution is 0.0143. The number of carbonyl (C=O) groups is 1. The van der Waals surface area contributed by atoms with Gasteiger partial charge in [-0.25, -0.2) is 0 Å². The Morgan fingerprint density at radius 1 is 1.19 bits per heavy atom.